The zero-order valence-corrected chi connectivity index (χ0v) is 16.2. The summed E-state index contributed by atoms with van der Waals surface area (Å²) in [6, 6.07) is 5.55. The standard InChI is InChI=1S/C15H17BrN4O2S.ClH/c1-9-6-10(16)2-3-11(9)19-13(21)7-18-15(22)12-8-23-14(20-12)4-5-17;/h2-3,6,8H,4-5,7,17H2,1H3,(H,18,22)(H,19,21);1H. The van der Waals surface area contributed by atoms with E-state index >= 15 is 0 Å². The summed E-state index contributed by atoms with van der Waals surface area (Å²) < 4.78 is 0.943. The lowest BCUT2D eigenvalue weighted by Crippen LogP contribution is -2.33. The summed E-state index contributed by atoms with van der Waals surface area (Å²) in [5, 5.41) is 7.80. The van der Waals surface area contributed by atoms with Crippen LogP contribution in [0.15, 0.2) is 28.1 Å². The second kappa shape index (κ2) is 9.73. The highest BCUT2D eigenvalue weighted by molar-refractivity contribution is 9.10. The van der Waals surface area contributed by atoms with Crippen molar-refractivity contribution in [1.29, 1.82) is 0 Å². The van der Waals surface area contributed by atoms with Gasteiger partial charge in [-0.1, -0.05) is 15.9 Å². The summed E-state index contributed by atoms with van der Waals surface area (Å²) in [7, 11) is 0. The average Bonchev–Trinajstić information content (AvgIpc) is 2.97. The molecule has 9 heteroatoms. The van der Waals surface area contributed by atoms with E-state index in [0.29, 0.717) is 24.3 Å². The maximum absolute atomic E-state index is 11.9. The van der Waals surface area contributed by atoms with Crippen molar-refractivity contribution in [2.75, 3.05) is 18.4 Å². The number of rotatable bonds is 6. The fraction of sp³-hybridized carbons (Fsp3) is 0.267. The van der Waals surface area contributed by atoms with Gasteiger partial charge in [-0.15, -0.1) is 23.7 Å². The number of amides is 2. The Labute approximate surface area is 158 Å². The first-order valence-electron chi connectivity index (χ1n) is 6.98. The zero-order chi connectivity index (χ0) is 16.8. The number of aromatic nitrogens is 1. The van der Waals surface area contributed by atoms with Crippen molar-refractivity contribution in [2.24, 2.45) is 5.73 Å². The van der Waals surface area contributed by atoms with Crippen LogP contribution in [-0.2, 0) is 11.2 Å². The largest absolute Gasteiger partial charge is 0.342 e. The van der Waals surface area contributed by atoms with Crippen molar-refractivity contribution < 1.29 is 9.59 Å². The molecule has 0 fully saturated rings. The van der Waals surface area contributed by atoms with Crippen LogP contribution in [0.2, 0.25) is 0 Å². The molecule has 0 saturated heterocycles. The maximum Gasteiger partial charge on any atom is 0.271 e. The molecule has 2 rings (SSSR count). The fourth-order valence-corrected chi connectivity index (χ4v) is 3.14. The Bertz CT molecular complexity index is 723. The van der Waals surface area contributed by atoms with Gasteiger partial charge in [0.25, 0.3) is 5.91 Å². The van der Waals surface area contributed by atoms with Gasteiger partial charge in [-0.3, -0.25) is 9.59 Å². The van der Waals surface area contributed by atoms with Gasteiger partial charge in [0.2, 0.25) is 5.91 Å². The number of nitrogens with zero attached hydrogens (tertiary/aromatic N) is 1. The van der Waals surface area contributed by atoms with E-state index in [1.54, 1.807) is 11.4 Å². The van der Waals surface area contributed by atoms with Crippen LogP contribution in [0.1, 0.15) is 21.1 Å². The monoisotopic (exact) mass is 432 g/mol. The second-order valence-corrected chi connectivity index (χ2v) is 6.71. The maximum atomic E-state index is 11.9. The summed E-state index contributed by atoms with van der Waals surface area (Å²) in [6.07, 6.45) is 0.640. The number of halogens is 2. The predicted molar refractivity (Wildman–Crippen MR) is 102 cm³/mol. The lowest BCUT2D eigenvalue weighted by molar-refractivity contribution is -0.115. The SMILES string of the molecule is Cc1cc(Br)ccc1NC(=O)CNC(=O)c1csc(CCN)n1.Cl. The molecular weight excluding hydrogens is 416 g/mol. The normalized spacial score (nSPS) is 9.96. The van der Waals surface area contributed by atoms with Gasteiger partial charge in [-0.05, 0) is 37.2 Å². The predicted octanol–water partition coefficient (Wildman–Crippen LogP) is 2.51. The summed E-state index contributed by atoms with van der Waals surface area (Å²) in [4.78, 5) is 28.0. The smallest absolute Gasteiger partial charge is 0.271 e. The molecule has 1 aromatic carbocycles. The third kappa shape index (κ3) is 5.86. The molecule has 2 aromatic rings. The molecule has 0 aliphatic rings. The third-order valence-corrected chi connectivity index (χ3v) is 4.42. The van der Waals surface area contributed by atoms with Crippen LogP contribution in [0.25, 0.3) is 0 Å². The fourth-order valence-electron chi connectivity index (χ4n) is 1.87. The van der Waals surface area contributed by atoms with Crippen LogP contribution in [0.4, 0.5) is 5.69 Å². The molecule has 2 amide bonds. The second-order valence-electron chi connectivity index (χ2n) is 4.86. The average molecular weight is 434 g/mol. The van der Waals surface area contributed by atoms with E-state index in [-0.39, 0.29) is 30.8 Å². The molecule has 0 atom stereocenters. The molecule has 0 aliphatic carbocycles. The van der Waals surface area contributed by atoms with Crippen molar-refractivity contribution in [1.82, 2.24) is 10.3 Å². The Hall–Kier alpha value is -1.48. The van der Waals surface area contributed by atoms with E-state index < -0.39 is 0 Å². The number of benzene rings is 1. The van der Waals surface area contributed by atoms with Crippen molar-refractivity contribution in [2.45, 2.75) is 13.3 Å². The van der Waals surface area contributed by atoms with Gasteiger partial charge in [-0.2, -0.15) is 0 Å². The number of anilines is 1. The molecule has 24 heavy (non-hydrogen) atoms. The number of hydrogen-bond donors (Lipinski definition) is 3. The van der Waals surface area contributed by atoms with Crippen LogP contribution in [-0.4, -0.2) is 29.9 Å². The van der Waals surface area contributed by atoms with Gasteiger partial charge in [0.15, 0.2) is 0 Å². The van der Waals surface area contributed by atoms with E-state index in [1.807, 2.05) is 19.1 Å². The van der Waals surface area contributed by atoms with Gasteiger partial charge in [-0.25, -0.2) is 4.98 Å². The van der Waals surface area contributed by atoms with Crippen LogP contribution in [0, 0.1) is 6.92 Å². The minimum atomic E-state index is -0.368. The number of nitrogens with two attached hydrogens (primary N) is 1. The molecular formula is C15H18BrClN4O2S. The molecule has 0 saturated carbocycles. The Balaban J connectivity index is 0.00000288. The molecule has 0 unspecified atom stereocenters. The van der Waals surface area contributed by atoms with Crippen LogP contribution >= 0.6 is 39.7 Å². The minimum Gasteiger partial charge on any atom is -0.342 e. The number of aryl methyl sites for hydroxylation is 1. The van der Waals surface area contributed by atoms with Gasteiger partial charge in [0.1, 0.15) is 5.69 Å². The van der Waals surface area contributed by atoms with Gasteiger partial charge in [0, 0.05) is 22.0 Å². The minimum absolute atomic E-state index is 0. The van der Waals surface area contributed by atoms with Crippen molar-refractivity contribution in [3.8, 4) is 0 Å². The first-order chi connectivity index (χ1) is 11.0. The van der Waals surface area contributed by atoms with Crippen LogP contribution in [0.3, 0.4) is 0 Å². The topological polar surface area (TPSA) is 97.1 Å². The Kier molecular flexibility index (Phi) is 8.34. The molecule has 1 aromatic heterocycles. The van der Waals surface area contributed by atoms with Crippen molar-refractivity contribution in [3.63, 3.8) is 0 Å². The molecule has 130 valence electrons. The van der Waals surface area contributed by atoms with E-state index in [4.69, 9.17) is 5.73 Å². The van der Waals surface area contributed by atoms with Crippen LogP contribution in [0.5, 0.6) is 0 Å². The van der Waals surface area contributed by atoms with Crippen LogP contribution < -0.4 is 16.4 Å². The summed E-state index contributed by atoms with van der Waals surface area (Å²) in [5.74, 6) is -0.659. The Morgan fingerprint density at radius 2 is 2.12 bits per heavy atom. The highest BCUT2D eigenvalue weighted by Crippen LogP contribution is 2.19. The lowest BCUT2D eigenvalue weighted by Gasteiger charge is -2.09. The quantitative estimate of drug-likeness (QED) is 0.652. The van der Waals surface area contributed by atoms with E-state index in [1.165, 1.54) is 11.3 Å². The zero-order valence-electron chi connectivity index (χ0n) is 13.0. The molecule has 4 N–H and O–H groups in total. The van der Waals surface area contributed by atoms with Gasteiger partial charge >= 0.3 is 0 Å². The number of carbonyl (C=O) groups is 2. The molecule has 0 bridgehead atoms. The highest BCUT2D eigenvalue weighted by atomic mass is 79.9. The lowest BCUT2D eigenvalue weighted by atomic mass is 10.2. The molecule has 0 spiro atoms. The number of carbonyl (C=O) groups excluding carboxylic acids is 2. The first kappa shape index (κ1) is 20.6. The number of thiazole rings is 1. The molecule has 0 aliphatic heterocycles. The molecule has 1 heterocycles. The molecule has 6 nitrogen and oxygen atoms in total. The van der Waals surface area contributed by atoms with Gasteiger partial charge < -0.3 is 16.4 Å². The third-order valence-electron chi connectivity index (χ3n) is 3.01. The Morgan fingerprint density at radius 3 is 2.79 bits per heavy atom. The first-order valence-corrected chi connectivity index (χ1v) is 8.65. The van der Waals surface area contributed by atoms with E-state index in [0.717, 1.165) is 15.0 Å². The summed E-state index contributed by atoms with van der Waals surface area (Å²) in [6.45, 7) is 2.27. The molecule has 0 radical (unpaired) electrons. The summed E-state index contributed by atoms with van der Waals surface area (Å²) in [5.41, 5.74) is 7.41. The van der Waals surface area contributed by atoms with Crippen molar-refractivity contribution >= 4 is 57.2 Å². The summed E-state index contributed by atoms with van der Waals surface area (Å²) >= 11 is 4.75. The number of hydrogen-bond acceptors (Lipinski definition) is 5. The van der Waals surface area contributed by atoms with E-state index in [2.05, 4.69) is 31.5 Å². The highest BCUT2D eigenvalue weighted by Gasteiger charge is 2.12. The van der Waals surface area contributed by atoms with Gasteiger partial charge in [0.05, 0.1) is 11.6 Å². The number of nitrogens with one attached hydrogen (secondary N) is 2. The van der Waals surface area contributed by atoms with Crippen molar-refractivity contribution in [3.05, 3.63) is 44.3 Å². The van der Waals surface area contributed by atoms with E-state index in [9.17, 15) is 9.59 Å². The Morgan fingerprint density at radius 1 is 1.38 bits per heavy atom.